The van der Waals surface area contributed by atoms with Gasteiger partial charge >= 0.3 is 24.3 Å². The maximum absolute atomic E-state index is 12.5. The largest absolute Gasteiger partial charge is 0.490 e. The molecule has 1 fully saturated rings. The first-order valence-electron chi connectivity index (χ1n) is 10.1. The van der Waals surface area contributed by atoms with Crippen LogP contribution in [0.4, 0.5) is 26.3 Å². The van der Waals surface area contributed by atoms with Crippen LogP contribution in [0, 0.1) is 0 Å². The van der Waals surface area contributed by atoms with Crippen LogP contribution < -0.4 is 10.9 Å². The number of aliphatic carboxylic acids is 2. The fourth-order valence-electron chi connectivity index (χ4n) is 3.13. The molecule has 3 atom stereocenters. The number of alkyl halides is 6. The Balaban J connectivity index is 0.000000383. The normalized spacial score (nSPS) is 21.7. The Morgan fingerprint density at radius 1 is 1.14 bits per heavy atom. The summed E-state index contributed by atoms with van der Waals surface area (Å²) in [7, 11) is 1.85. The first-order valence-corrected chi connectivity index (χ1v) is 10.1. The van der Waals surface area contributed by atoms with Gasteiger partial charge in [-0.1, -0.05) is 19.1 Å². The number of benzene rings is 1. The summed E-state index contributed by atoms with van der Waals surface area (Å²) in [5.41, 5.74) is 0.492. The topological polar surface area (TPSA) is 151 Å². The van der Waals surface area contributed by atoms with E-state index in [4.69, 9.17) is 24.5 Å². The number of aromatic nitrogens is 2. The maximum atomic E-state index is 12.5. The van der Waals surface area contributed by atoms with E-state index < -0.39 is 30.1 Å². The molecule has 1 aromatic carbocycles. The number of halogens is 6. The molecule has 10 nitrogen and oxygen atoms in total. The van der Waals surface area contributed by atoms with Crippen molar-refractivity contribution in [3.63, 3.8) is 0 Å². The predicted octanol–water partition coefficient (Wildman–Crippen LogP) is 2.14. The molecule has 0 bridgehead atoms. The van der Waals surface area contributed by atoms with Gasteiger partial charge in [0.15, 0.2) is 5.79 Å². The Labute approximate surface area is 199 Å². The fourth-order valence-corrected chi connectivity index (χ4v) is 3.13. The van der Waals surface area contributed by atoms with Crippen molar-refractivity contribution in [1.82, 2.24) is 14.9 Å². The van der Waals surface area contributed by atoms with Crippen molar-refractivity contribution in [2.45, 2.75) is 56.6 Å². The van der Waals surface area contributed by atoms with Gasteiger partial charge in [0.2, 0.25) is 0 Å². The molecule has 1 saturated heterocycles. The van der Waals surface area contributed by atoms with Crippen molar-refractivity contribution >= 4 is 22.8 Å². The molecule has 36 heavy (non-hydrogen) atoms. The minimum Gasteiger partial charge on any atom is -0.475 e. The number of likely N-dealkylation sites (N-methyl/N-ethyl adjacent to an activating group) is 1. The number of para-hydroxylation sites is 1. The van der Waals surface area contributed by atoms with Gasteiger partial charge in [-0.3, -0.25) is 9.36 Å². The van der Waals surface area contributed by atoms with E-state index in [-0.39, 0.29) is 24.2 Å². The number of aliphatic hydroxyl groups is 1. The molecule has 4 N–H and O–H groups in total. The van der Waals surface area contributed by atoms with Crippen molar-refractivity contribution in [2.75, 3.05) is 7.05 Å². The third-order valence-electron chi connectivity index (χ3n) is 4.77. The van der Waals surface area contributed by atoms with Crippen molar-refractivity contribution < 1.29 is 56.0 Å². The van der Waals surface area contributed by atoms with Gasteiger partial charge in [-0.2, -0.15) is 26.3 Å². The SMILES string of the molecule is CC[C@@H]1OC(O)(Cn2cnc3ccccc3c2=O)C[C@H]1NC.O=C(O)C(F)(F)F.O=C(O)C(F)(F)F. The van der Waals surface area contributed by atoms with Gasteiger partial charge in [0.05, 0.1) is 29.9 Å². The van der Waals surface area contributed by atoms with Gasteiger partial charge in [-0.25, -0.2) is 14.6 Å². The third-order valence-corrected chi connectivity index (χ3v) is 4.77. The Hall–Kier alpha value is -3.24. The molecular formula is C20H23F6N3O7. The van der Waals surface area contributed by atoms with Crippen molar-refractivity contribution in [1.29, 1.82) is 0 Å². The number of fused-ring (bicyclic) bond motifs is 1. The highest BCUT2D eigenvalue weighted by atomic mass is 19.4. The number of rotatable bonds is 4. The number of nitrogens with one attached hydrogen (secondary N) is 1. The van der Waals surface area contributed by atoms with E-state index in [2.05, 4.69) is 10.3 Å². The lowest BCUT2D eigenvalue weighted by Crippen LogP contribution is -2.38. The summed E-state index contributed by atoms with van der Waals surface area (Å²) in [6.45, 7) is 2.10. The van der Waals surface area contributed by atoms with Crippen LogP contribution in [-0.4, -0.2) is 74.1 Å². The molecule has 0 radical (unpaired) electrons. The summed E-state index contributed by atoms with van der Waals surface area (Å²) in [6.07, 6.45) is -7.50. The molecule has 1 aliphatic heterocycles. The van der Waals surface area contributed by atoms with Crippen molar-refractivity contribution in [3.8, 4) is 0 Å². The number of ether oxygens (including phenoxy) is 1. The number of hydrogen-bond donors (Lipinski definition) is 4. The van der Waals surface area contributed by atoms with Crippen LogP contribution in [0.2, 0.25) is 0 Å². The average molecular weight is 531 g/mol. The lowest BCUT2D eigenvalue weighted by molar-refractivity contribution is -0.201. The van der Waals surface area contributed by atoms with E-state index in [9.17, 15) is 36.2 Å². The molecule has 0 saturated carbocycles. The zero-order valence-electron chi connectivity index (χ0n) is 18.8. The zero-order chi connectivity index (χ0) is 27.9. The number of carboxylic acids is 2. The summed E-state index contributed by atoms with van der Waals surface area (Å²) < 4.78 is 70.7. The van der Waals surface area contributed by atoms with Gasteiger partial charge in [0, 0.05) is 12.5 Å². The highest BCUT2D eigenvalue weighted by Gasteiger charge is 2.44. The molecule has 2 heterocycles. The van der Waals surface area contributed by atoms with E-state index >= 15 is 0 Å². The molecule has 202 valence electrons. The van der Waals surface area contributed by atoms with Gasteiger partial charge in [-0.15, -0.1) is 0 Å². The predicted molar refractivity (Wildman–Crippen MR) is 111 cm³/mol. The summed E-state index contributed by atoms with van der Waals surface area (Å²) in [5, 5.41) is 28.7. The van der Waals surface area contributed by atoms with E-state index in [1.54, 1.807) is 18.2 Å². The lowest BCUT2D eigenvalue weighted by atomic mass is 10.0. The minimum absolute atomic E-state index is 0.0564. The van der Waals surface area contributed by atoms with E-state index in [0.717, 1.165) is 6.42 Å². The monoisotopic (exact) mass is 531 g/mol. The van der Waals surface area contributed by atoms with Gasteiger partial charge in [0.1, 0.15) is 0 Å². The Morgan fingerprint density at radius 3 is 2.06 bits per heavy atom. The van der Waals surface area contributed by atoms with E-state index in [1.807, 2.05) is 20.0 Å². The summed E-state index contributed by atoms with van der Waals surface area (Å²) in [5.74, 6) is -6.86. The molecule has 0 amide bonds. The van der Waals surface area contributed by atoms with Crippen molar-refractivity contribution in [2.24, 2.45) is 0 Å². The Bertz CT molecular complexity index is 1070. The second-order valence-corrected chi connectivity index (χ2v) is 7.41. The van der Waals surface area contributed by atoms with Crippen LogP contribution in [-0.2, 0) is 20.9 Å². The molecule has 3 rings (SSSR count). The first-order chi connectivity index (χ1) is 16.4. The number of carboxylic acid groups (broad SMARTS) is 2. The molecule has 0 spiro atoms. The molecule has 0 aliphatic carbocycles. The molecule has 1 aromatic heterocycles. The molecule has 2 aromatic rings. The average Bonchev–Trinajstić information content (AvgIpc) is 3.11. The highest BCUT2D eigenvalue weighted by Crippen LogP contribution is 2.31. The smallest absolute Gasteiger partial charge is 0.475 e. The standard InChI is InChI=1S/C16H21N3O3.2C2HF3O2/c1-3-14-13(17-2)8-16(21,22-14)9-19-10-18-12-7-5-4-6-11(12)15(19)20;2*3-2(4,5)1(6)7/h4-7,10,13-14,17,21H,3,8-9H2,1-2H3;2*(H,6,7)/t13-,14+,16?;;/m1../s1. The molecular weight excluding hydrogens is 508 g/mol. The third kappa shape index (κ3) is 8.76. The second kappa shape index (κ2) is 12.1. The van der Waals surface area contributed by atoms with Crippen LogP contribution >= 0.6 is 0 Å². The number of hydrogen-bond acceptors (Lipinski definition) is 7. The minimum atomic E-state index is -5.08. The number of carbonyl (C=O) groups is 2. The number of nitrogens with zero attached hydrogens (tertiary/aromatic N) is 2. The Morgan fingerprint density at radius 2 is 1.64 bits per heavy atom. The van der Waals surface area contributed by atoms with Crippen molar-refractivity contribution in [3.05, 3.63) is 40.9 Å². The van der Waals surface area contributed by atoms with E-state index in [1.165, 1.54) is 10.9 Å². The molecule has 16 heteroatoms. The molecule has 1 unspecified atom stereocenters. The Kier molecular flexibility index (Phi) is 10.4. The van der Waals surface area contributed by atoms with Crippen LogP contribution in [0.5, 0.6) is 0 Å². The van der Waals surface area contributed by atoms with Crippen LogP contribution in [0.1, 0.15) is 19.8 Å². The lowest BCUT2D eigenvalue weighted by Gasteiger charge is -2.23. The summed E-state index contributed by atoms with van der Waals surface area (Å²) in [6, 6.07) is 7.27. The highest BCUT2D eigenvalue weighted by molar-refractivity contribution is 5.76. The van der Waals surface area contributed by atoms with E-state index in [0.29, 0.717) is 17.3 Å². The summed E-state index contributed by atoms with van der Waals surface area (Å²) >= 11 is 0. The fraction of sp³-hybridized carbons (Fsp3) is 0.500. The van der Waals surface area contributed by atoms with Crippen LogP contribution in [0.15, 0.2) is 35.4 Å². The summed E-state index contributed by atoms with van der Waals surface area (Å²) in [4.78, 5) is 34.6. The molecule has 1 aliphatic rings. The van der Waals surface area contributed by atoms with Crippen LogP contribution in [0.25, 0.3) is 10.9 Å². The van der Waals surface area contributed by atoms with Crippen LogP contribution in [0.3, 0.4) is 0 Å². The quantitative estimate of drug-likeness (QED) is 0.435. The van der Waals surface area contributed by atoms with Gasteiger partial charge in [-0.05, 0) is 25.6 Å². The second-order valence-electron chi connectivity index (χ2n) is 7.41. The zero-order valence-corrected chi connectivity index (χ0v) is 18.8. The first kappa shape index (κ1) is 30.8. The van der Waals surface area contributed by atoms with Gasteiger partial charge in [0.25, 0.3) is 5.56 Å². The maximum Gasteiger partial charge on any atom is 0.490 e. The van der Waals surface area contributed by atoms with Gasteiger partial charge < -0.3 is 25.4 Å².